The molecule has 1 aliphatic rings. The van der Waals surface area contributed by atoms with Gasteiger partial charge in [-0.3, -0.25) is 14.5 Å². The van der Waals surface area contributed by atoms with Crippen LogP contribution < -0.4 is 9.64 Å². The van der Waals surface area contributed by atoms with Crippen LogP contribution in [0.25, 0.3) is 5.76 Å². The topological polar surface area (TPSA) is 111 Å². The number of Topliss-reactive ketones (excluding diaryl/α,β-unsaturated/α-hetero) is 1. The quantitative estimate of drug-likeness (QED) is 0.301. The average Bonchev–Trinajstić information content (AvgIpc) is 3.13. The van der Waals surface area contributed by atoms with E-state index >= 15 is 0 Å². The summed E-state index contributed by atoms with van der Waals surface area (Å²) in [5.41, 5.74) is 2.02. The van der Waals surface area contributed by atoms with E-state index in [1.807, 2.05) is 32.9 Å². The number of carbonyl (C=O) groups is 2. The van der Waals surface area contributed by atoms with Crippen LogP contribution in [0.4, 0.5) is 5.69 Å². The number of aromatic hydroxyl groups is 1. The van der Waals surface area contributed by atoms with Crippen molar-refractivity contribution in [3.8, 4) is 17.6 Å². The number of anilines is 1. The molecule has 3 aromatic rings. The molecule has 7 nitrogen and oxygen atoms in total. The molecule has 7 heteroatoms. The summed E-state index contributed by atoms with van der Waals surface area (Å²) in [6.07, 6.45) is 0. The third kappa shape index (κ3) is 4.29. The predicted molar refractivity (Wildman–Crippen MR) is 136 cm³/mol. The summed E-state index contributed by atoms with van der Waals surface area (Å²) in [6.45, 7) is 6.07. The highest BCUT2D eigenvalue weighted by atomic mass is 16.5. The molecule has 4 rings (SSSR count). The van der Waals surface area contributed by atoms with Gasteiger partial charge in [-0.1, -0.05) is 39.0 Å². The van der Waals surface area contributed by atoms with Gasteiger partial charge in [-0.2, -0.15) is 5.26 Å². The highest BCUT2D eigenvalue weighted by molar-refractivity contribution is 6.51. The second-order valence-electron chi connectivity index (χ2n) is 9.59. The van der Waals surface area contributed by atoms with E-state index in [9.17, 15) is 19.8 Å². The van der Waals surface area contributed by atoms with Gasteiger partial charge in [0.15, 0.2) is 0 Å². The Morgan fingerprint density at radius 3 is 2.31 bits per heavy atom. The first-order valence-electron chi connectivity index (χ1n) is 11.4. The number of ether oxygens (including phenoxy) is 1. The highest BCUT2D eigenvalue weighted by Crippen LogP contribution is 2.44. The van der Waals surface area contributed by atoms with E-state index < -0.39 is 17.7 Å². The molecule has 0 spiro atoms. The molecule has 1 aliphatic heterocycles. The summed E-state index contributed by atoms with van der Waals surface area (Å²) in [5, 5.41) is 30.9. The van der Waals surface area contributed by atoms with E-state index in [4.69, 9.17) is 10.00 Å². The molecule has 36 heavy (non-hydrogen) atoms. The van der Waals surface area contributed by atoms with Gasteiger partial charge in [0.1, 0.15) is 17.3 Å². The second-order valence-corrected chi connectivity index (χ2v) is 9.59. The minimum Gasteiger partial charge on any atom is -0.508 e. The molecule has 1 atom stereocenters. The third-order valence-corrected chi connectivity index (χ3v) is 6.23. The van der Waals surface area contributed by atoms with Crippen molar-refractivity contribution < 1.29 is 24.5 Å². The Kier molecular flexibility index (Phi) is 6.30. The van der Waals surface area contributed by atoms with Gasteiger partial charge in [-0.05, 0) is 65.1 Å². The monoisotopic (exact) mass is 482 g/mol. The van der Waals surface area contributed by atoms with Crippen molar-refractivity contribution in [2.75, 3.05) is 12.0 Å². The summed E-state index contributed by atoms with van der Waals surface area (Å²) in [4.78, 5) is 28.0. The number of aliphatic hydroxyl groups is 1. The lowest BCUT2D eigenvalue weighted by Gasteiger charge is -2.26. The third-order valence-electron chi connectivity index (χ3n) is 6.23. The number of phenolic OH excluding ortho intramolecular Hbond substituents is 1. The molecular weight excluding hydrogens is 456 g/mol. The zero-order valence-corrected chi connectivity index (χ0v) is 20.4. The Bertz CT molecular complexity index is 1430. The summed E-state index contributed by atoms with van der Waals surface area (Å²) < 4.78 is 5.48. The maximum Gasteiger partial charge on any atom is 0.300 e. The summed E-state index contributed by atoms with van der Waals surface area (Å²) in [7, 11) is 1.46. The van der Waals surface area contributed by atoms with Crippen LogP contribution in [0.2, 0.25) is 0 Å². The number of aliphatic hydroxyl groups excluding tert-OH is 1. The number of carbonyl (C=O) groups excluding carboxylic acids is 2. The minimum absolute atomic E-state index is 0.0507. The number of hydrogen-bond donors (Lipinski definition) is 2. The minimum atomic E-state index is -1.02. The Hall–Kier alpha value is -4.57. The van der Waals surface area contributed by atoms with Crippen molar-refractivity contribution >= 4 is 23.1 Å². The van der Waals surface area contributed by atoms with Crippen molar-refractivity contribution in [3.05, 3.63) is 94.6 Å². The molecule has 182 valence electrons. The van der Waals surface area contributed by atoms with E-state index in [1.54, 1.807) is 48.5 Å². The number of amides is 1. The summed E-state index contributed by atoms with van der Waals surface area (Å²) in [5.74, 6) is -1.78. The van der Waals surface area contributed by atoms with Crippen LogP contribution in [0.15, 0.2) is 72.3 Å². The number of nitriles is 1. The Morgan fingerprint density at radius 2 is 1.72 bits per heavy atom. The number of nitrogens with zero attached hydrogens (tertiary/aromatic N) is 2. The maximum atomic E-state index is 13.4. The fourth-order valence-corrected chi connectivity index (χ4v) is 4.31. The summed E-state index contributed by atoms with van der Waals surface area (Å²) in [6, 6.07) is 18.8. The number of ketones is 1. The first kappa shape index (κ1) is 24.6. The fraction of sp³-hybridized carbons (Fsp3) is 0.207. The smallest absolute Gasteiger partial charge is 0.300 e. The van der Waals surface area contributed by atoms with Crippen molar-refractivity contribution in [3.63, 3.8) is 0 Å². The lowest BCUT2D eigenvalue weighted by atomic mass is 9.85. The SMILES string of the molecule is COc1ccc(C(C)(C)C)cc1/C(O)=C1\C(=O)C(=O)N(c2ccc(C#N)cc2)C1c1cccc(O)c1. The molecule has 0 radical (unpaired) electrons. The number of phenols is 1. The van der Waals surface area contributed by atoms with E-state index in [0.29, 0.717) is 22.6 Å². The molecule has 1 saturated heterocycles. The molecule has 1 heterocycles. The first-order valence-corrected chi connectivity index (χ1v) is 11.4. The zero-order valence-electron chi connectivity index (χ0n) is 20.4. The Balaban J connectivity index is 1.99. The maximum absolute atomic E-state index is 13.4. The Morgan fingerprint density at radius 1 is 1.03 bits per heavy atom. The molecule has 3 aromatic carbocycles. The molecule has 0 bridgehead atoms. The average molecular weight is 483 g/mol. The lowest BCUT2D eigenvalue weighted by molar-refractivity contribution is -0.132. The van der Waals surface area contributed by atoms with Gasteiger partial charge < -0.3 is 14.9 Å². The van der Waals surface area contributed by atoms with Crippen LogP contribution in [-0.2, 0) is 15.0 Å². The van der Waals surface area contributed by atoms with Crippen LogP contribution in [0.5, 0.6) is 11.5 Å². The molecule has 0 saturated carbocycles. The number of rotatable bonds is 4. The normalized spacial score (nSPS) is 17.2. The first-order chi connectivity index (χ1) is 17.1. The van der Waals surface area contributed by atoms with E-state index in [-0.39, 0.29) is 28.1 Å². The molecule has 1 amide bonds. The molecule has 2 N–H and O–H groups in total. The number of hydrogen-bond acceptors (Lipinski definition) is 6. The van der Waals surface area contributed by atoms with E-state index in [1.165, 1.54) is 24.1 Å². The molecule has 0 aromatic heterocycles. The van der Waals surface area contributed by atoms with Gasteiger partial charge in [-0.15, -0.1) is 0 Å². The van der Waals surface area contributed by atoms with Crippen molar-refractivity contribution in [2.24, 2.45) is 0 Å². The largest absolute Gasteiger partial charge is 0.508 e. The van der Waals surface area contributed by atoms with Gasteiger partial charge >= 0.3 is 0 Å². The van der Waals surface area contributed by atoms with Crippen molar-refractivity contribution in [2.45, 2.75) is 32.2 Å². The van der Waals surface area contributed by atoms with Crippen LogP contribution >= 0.6 is 0 Å². The molecular formula is C29H26N2O5. The van der Waals surface area contributed by atoms with Crippen molar-refractivity contribution in [1.29, 1.82) is 5.26 Å². The van der Waals surface area contributed by atoms with Crippen LogP contribution in [0, 0.1) is 11.3 Å². The van der Waals surface area contributed by atoms with Gasteiger partial charge in [0.05, 0.1) is 35.9 Å². The van der Waals surface area contributed by atoms with E-state index in [2.05, 4.69) is 0 Å². The molecule has 1 fully saturated rings. The second kappa shape index (κ2) is 9.23. The van der Waals surface area contributed by atoms with Crippen LogP contribution in [0.3, 0.4) is 0 Å². The number of methoxy groups -OCH3 is 1. The molecule has 0 aliphatic carbocycles. The van der Waals surface area contributed by atoms with Crippen molar-refractivity contribution in [1.82, 2.24) is 0 Å². The summed E-state index contributed by atoms with van der Waals surface area (Å²) >= 11 is 0. The lowest BCUT2D eigenvalue weighted by Crippen LogP contribution is -2.29. The molecule has 1 unspecified atom stereocenters. The fourth-order valence-electron chi connectivity index (χ4n) is 4.31. The standard InChI is InChI=1S/C29H26N2O5/c1-29(2,3)19-10-13-23(36-4)22(15-19)26(33)24-25(18-6-5-7-21(32)14-18)31(28(35)27(24)34)20-11-8-17(16-30)9-12-20/h5-15,25,32-33H,1-4H3/b26-24+. The highest BCUT2D eigenvalue weighted by Gasteiger charge is 2.47. The Labute approximate surface area is 209 Å². The number of benzene rings is 3. The van der Waals surface area contributed by atoms with Gasteiger partial charge in [0.25, 0.3) is 11.7 Å². The predicted octanol–water partition coefficient (Wildman–Crippen LogP) is 5.20. The van der Waals surface area contributed by atoms with Gasteiger partial charge in [-0.25, -0.2) is 0 Å². The van der Waals surface area contributed by atoms with Crippen LogP contribution in [0.1, 0.15) is 49.1 Å². The van der Waals surface area contributed by atoms with Gasteiger partial charge in [0, 0.05) is 5.69 Å². The zero-order chi connectivity index (χ0) is 26.2. The van der Waals surface area contributed by atoms with Crippen LogP contribution in [-0.4, -0.2) is 29.0 Å². The van der Waals surface area contributed by atoms with E-state index in [0.717, 1.165) is 5.56 Å². The van der Waals surface area contributed by atoms with Gasteiger partial charge in [0.2, 0.25) is 0 Å².